The number of carbonyl (C=O) groups is 1. The van der Waals surface area contributed by atoms with Gasteiger partial charge in [-0.1, -0.05) is 13.0 Å². The number of nitro benzene ring substituents is 1. The first-order valence-corrected chi connectivity index (χ1v) is 11.9. The van der Waals surface area contributed by atoms with E-state index < -0.39 is 4.92 Å². The van der Waals surface area contributed by atoms with Crippen molar-refractivity contribution in [1.29, 1.82) is 0 Å². The molecule has 0 saturated heterocycles. The summed E-state index contributed by atoms with van der Waals surface area (Å²) in [6, 6.07) is 10.5. The van der Waals surface area contributed by atoms with Gasteiger partial charge in [0, 0.05) is 34.8 Å². The molecule has 2 aromatic carbocycles. The van der Waals surface area contributed by atoms with Gasteiger partial charge in [0.1, 0.15) is 0 Å². The molecule has 3 rings (SSSR count). The van der Waals surface area contributed by atoms with Gasteiger partial charge in [-0.15, -0.1) is 11.8 Å². The molecule has 1 aliphatic heterocycles. The molecular weight excluding hydrogens is 436 g/mol. The predicted molar refractivity (Wildman–Crippen MR) is 136 cm³/mol. The van der Waals surface area contributed by atoms with Crippen LogP contribution in [-0.2, 0) is 4.79 Å². The number of hydrogen-bond acceptors (Lipinski definition) is 6. The first-order chi connectivity index (χ1) is 15.6. The molecule has 0 aliphatic carbocycles. The molecule has 1 amide bonds. The van der Waals surface area contributed by atoms with Crippen molar-refractivity contribution < 1.29 is 9.72 Å². The van der Waals surface area contributed by atoms with Gasteiger partial charge >= 0.3 is 0 Å². The van der Waals surface area contributed by atoms with Crippen LogP contribution in [0.1, 0.15) is 50.8 Å². The normalized spacial score (nSPS) is 14.7. The van der Waals surface area contributed by atoms with Crippen molar-refractivity contribution >= 4 is 40.8 Å². The van der Waals surface area contributed by atoms with E-state index in [1.807, 2.05) is 0 Å². The number of allylic oxidation sites excluding steroid dienone is 1. The maximum Gasteiger partial charge on any atom is 0.269 e. The lowest BCUT2D eigenvalue weighted by atomic mass is 9.87. The number of carbonyl (C=O) groups excluding carboxylic acids is 1. The zero-order chi connectivity index (χ0) is 24.2. The summed E-state index contributed by atoms with van der Waals surface area (Å²) in [5, 5.41) is 14.9. The van der Waals surface area contributed by atoms with E-state index in [1.165, 1.54) is 40.7 Å². The van der Waals surface area contributed by atoms with Crippen molar-refractivity contribution in [3.05, 3.63) is 69.3 Å². The zero-order valence-electron chi connectivity index (χ0n) is 19.7. The molecule has 8 heteroatoms. The van der Waals surface area contributed by atoms with E-state index in [4.69, 9.17) is 0 Å². The van der Waals surface area contributed by atoms with E-state index in [0.717, 1.165) is 29.0 Å². The molecule has 2 aromatic rings. The van der Waals surface area contributed by atoms with Gasteiger partial charge in [-0.25, -0.2) is 5.43 Å². The van der Waals surface area contributed by atoms with Crippen molar-refractivity contribution in [3.8, 4) is 0 Å². The minimum atomic E-state index is -0.446. The van der Waals surface area contributed by atoms with E-state index in [2.05, 4.69) is 68.3 Å². The summed E-state index contributed by atoms with van der Waals surface area (Å²) in [6.45, 7) is 11.8. The molecule has 7 nitrogen and oxygen atoms in total. The highest BCUT2D eigenvalue weighted by molar-refractivity contribution is 8.00. The molecular formula is C25H30N4O3S. The van der Waals surface area contributed by atoms with Gasteiger partial charge in [-0.2, -0.15) is 5.10 Å². The number of hydrogen-bond donors (Lipinski definition) is 1. The summed E-state index contributed by atoms with van der Waals surface area (Å²) >= 11 is 1.30. The number of rotatable bonds is 8. The standard InChI is InChI=1S/C25H30N4O3S/c1-6-11-28-23-12-17(2)19(13-22(23)18(3)14-25(28,4)5)15-26-27-24(30)16-33-21-9-7-20(8-10-21)29(31)32/h7-10,12-15H,6,11,16H2,1-5H3,(H,27,30)/b26-15-. The van der Waals surface area contributed by atoms with Gasteiger partial charge in [0.25, 0.3) is 5.69 Å². The topological polar surface area (TPSA) is 87.8 Å². The van der Waals surface area contributed by atoms with E-state index in [-0.39, 0.29) is 22.9 Å². The second-order valence-electron chi connectivity index (χ2n) is 8.69. The van der Waals surface area contributed by atoms with Crippen LogP contribution < -0.4 is 10.3 Å². The fourth-order valence-electron chi connectivity index (χ4n) is 4.03. The Hall–Kier alpha value is -3.13. The summed E-state index contributed by atoms with van der Waals surface area (Å²) in [4.78, 5) is 25.7. The highest BCUT2D eigenvalue weighted by atomic mass is 32.2. The fraction of sp³-hybridized carbons (Fsp3) is 0.360. The minimum Gasteiger partial charge on any atom is -0.362 e. The average molecular weight is 467 g/mol. The average Bonchev–Trinajstić information content (AvgIpc) is 2.76. The van der Waals surface area contributed by atoms with Gasteiger partial charge in [-0.05, 0) is 75.1 Å². The number of nitrogens with one attached hydrogen (secondary N) is 1. The van der Waals surface area contributed by atoms with Gasteiger partial charge in [-0.3, -0.25) is 14.9 Å². The fourth-order valence-corrected chi connectivity index (χ4v) is 4.73. The van der Waals surface area contributed by atoms with Crippen molar-refractivity contribution in [3.63, 3.8) is 0 Å². The number of amides is 1. The third-order valence-corrected chi connectivity index (χ3v) is 6.63. The Balaban J connectivity index is 1.66. The number of benzene rings is 2. The molecule has 0 saturated carbocycles. The van der Waals surface area contributed by atoms with Crippen molar-refractivity contribution in [2.75, 3.05) is 17.2 Å². The molecule has 0 atom stereocenters. The van der Waals surface area contributed by atoms with Crippen molar-refractivity contribution in [2.24, 2.45) is 5.10 Å². The Kier molecular flexibility index (Phi) is 7.58. The van der Waals surface area contributed by atoms with Crippen LogP contribution in [0.5, 0.6) is 0 Å². The molecule has 1 N–H and O–H groups in total. The molecule has 0 aromatic heterocycles. The number of non-ortho nitro benzene ring substituents is 1. The van der Waals surface area contributed by atoms with E-state index in [9.17, 15) is 14.9 Å². The molecule has 0 radical (unpaired) electrons. The van der Waals surface area contributed by atoms with Gasteiger partial charge < -0.3 is 4.90 Å². The minimum absolute atomic E-state index is 0.0280. The van der Waals surface area contributed by atoms with E-state index >= 15 is 0 Å². The molecule has 0 unspecified atom stereocenters. The first-order valence-electron chi connectivity index (χ1n) is 10.9. The summed E-state index contributed by atoms with van der Waals surface area (Å²) < 4.78 is 0. The van der Waals surface area contributed by atoms with E-state index in [0.29, 0.717) is 0 Å². The highest BCUT2D eigenvalue weighted by Crippen LogP contribution is 2.40. The summed E-state index contributed by atoms with van der Waals surface area (Å²) in [5.74, 6) is -0.0709. The van der Waals surface area contributed by atoms with Crippen molar-refractivity contribution in [1.82, 2.24) is 5.43 Å². The van der Waals surface area contributed by atoms with Crippen LogP contribution in [0.3, 0.4) is 0 Å². The number of fused-ring (bicyclic) bond motifs is 1. The Morgan fingerprint density at radius 1 is 1.24 bits per heavy atom. The number of hydrazone groups is 1. The number of nitro groups is 1. The number of anilines is 1. The summed E-state index contributed by atoms with van der Waals surface area (Å²) in [5.41, 5.74) is 8.28. The van der Waals surface area contributed by atoms with Crippen LogP contribution in [0.4, 0.5) is 11.4 Å². The third kappa shape index (κ3) is 5.82. The van der Waals surface area contributed by atoms with Crippen LogP contribution in [0, 0.1) is 17.0 Å². The smallest absolute Gasteiger partial charge is 0.269 e. The number of aryl methyl sites for hydroxylation is 1. The largest absolute Gasteiger partial charge is 0.362 e. The Labute approximate surface area is 199 Å². The molecule has 1 heterocycles. The van der Waals surface area contributed by atoms with Crippen LogP contribution in [0.15, 0.2) is 52.5 Å². The first kappa shape index (κ1) is 24.5. The molecule has 0 fully saturated rings. The van der Waals surface area contributed by atoms with Crippen LogP contribution in [0.2, 0.25) is 0 Å². The van der Waals surface area contributed by atoms with Gasteiger partial charge in [0.15, 0.2) is 0 Å². The van der Waals surface area contributed by atoms with Crippen LogP contribution >= 0.6 is 11.8 Å². The van der Waals surface area contributed by atoms with Gasteiger partial charge in [0.2, 0.25) is 5.91 Å². The SMILES string of the molecule is CCCN1c2cc(C)c(/C=N\NC(=O)CSc3ccc([N+](=O)[O-])cc3)cc2C(C)=CC1(C)C. The third-order valence-electron chi connectivity index (χ3n) is 5.62. The summed E-state index contributed by atoms with van der Waals surface area (Å²) in [7, 11) is 0. The molecule has 174 valence electrons. The molecule has 0 bridgehead atoms. The van der Waals surface area contributed by atoms with Crippen LogP contribution in [-0.4, -0.2) is 34.9 Å². The van der Waals surface area contributed by atoms with Gasteiger partial charge in [0.05, 0.1) is 22.4 Å². The number of nitrogens with zero attached hydrogens (tertiary/aromatic N) is 3. The zero-order valence-corrected chi connectivity index (χ0v) is 20.5. The van der Waals surface area contributed by atoms with Crippen molar-refractivity contribution in [2.45, 2.75) is 51.5 Å². The summed E-state index contributed by atoms with van der Waals surface area (Å²) in [6.07, 6.45) is 5.06. The second kappa shape index (κ2) is 10.2. The van der Waals surface area contributed by atoms with E-state index in [1.54, 1.807) is 18.3 Å². The Morgan fingerprint density at radius 3 is 2.58 bits per heavy atom. The quantitative estimate of drug-likeness (QED) is 0.238. The Morgan fingerprint density at radius 2 is 1.94 bits per heavy atom. The predicted octanol–water partition coefficient (Wildman–Crippen LogP) is 5.56. The number of thioether (sulfide) groups is 1. The van der Waals surface area contributed by atoms with Crippen LogP contribution in [0.25, 0.3) is 5.57 Å². The maximum atomic E-state index is 12.2. The lowest BCUT2D eigenvalue weighted by Crippen LogP contribution is -2.45. The molecule has 33 heavy (non-hydrogen) atoms. The maximum absolute atomic E-state index is 12.2. The lowest BCUT2D eigenvalue weighted by molar-refractivity contribution is -0.384. The molecule has 1 aliphatic rings. The monoisotopic (exact) mass is 466 g/mol. The second-order valence-corrected chi connectivity index (χ2v) is 9.74. The Bertz CT molecular complexity index is 1110. The molecule has 0 spiro atoms. The lowest BCUT2D eigenvalue weighted by Gasteiger charge is -2.43. The highest BCUT2D eigenvalue weighted by Gasteiger charge is 2.31.